The Hall–Kier alpha value is -1.99. The Morgan fingerprint density at radius 3 is 3.00 bits per heavy atom. The van der Waals surface area contributed by atoms with Crippen LogP contribution in [0.15, 0.2) is 17.1 Å². The zero-order chi connectivity index (χ0) is 13.9. The summed E-state index contributed by atoms with van der Waals surface area (Å²) in [5.74, 6) is 1.29. The number of aromatic amines is 1. The maximum Gasteiger partial charge on any atom is 0.259 e. The van der Waals surface area contributed by atoms with Gasteiger partial charge < -0.3 is 19.4 Å². The molecule has 106 valence electrons. The van der Waals surface area contributed by atoms with Gasteiger partial charge >= 0.3 is 0 Å². The van der Waals surface area contributed by atoms with E-state index in [0.717, 1.165) is 18.9 Å². The second kappa shape index (κ2) is 5.56. The Morgan fingerprint density at radius 2 is 2.25 bits per heavy atom. The van der Waals surface area contributed by atoms with Crippen LogP contribution in [-0.4, -0.2) is 48.4 Å². The first-order chi connectivity index (χ1) is 9.78. The zero-order valence-corrected chi connectivity index (χ0v) is 11.3. The van der Waals surface area contributed by atoms with Crippen molar-refractivity contribution in [3.8, 4) is 0 Å². The number of morpholine rings is 1. The lowest BCUT2D eigenvalue weighted by Crippen LogP contribution is -2.36. The molecular formula is C13H16N4O3. The predicted octanol–water partition coefficient (Wildman–Crippen LogP) is 0.301. The van der Waals surface area contributed by atoms with Gasteiger partial charge in [0.05, 0.1) is 30.3 Å². The van der Waals surface area contributed by atoms with Crippen molar-refractivity contribution in [3.05, 3.63) is 28.4 Å². The summed E-state index contributed by atoms with van der Waals surface area (Å²) in [4.78, 5) is 25.6. The number of rotatable bonds is 3. The minimum absolute atomic E-state index is 0.168. The van der Waals surface area contributed by atoms with E-state index in [2.05, 4.69) is 19.9 Å². The second-order valence-electron chi connectivity index (χ2n) is 4.60. The van der Waals surface area contributed by atoms with Crippen LogP contribution in [0.3, 0.4) is 0 Å². The number of nitrogens with one attached hydrogen (secondary N) is 1. The van der Waals surface area contributed by atoms with Crippen molar-refractivity contribution in [1.82, 2.24) is 15.0 Å². The van der Waals surface area contributed by atoms with Gasteiger partial charge in [-0.3, -0.25) is 4.79 Å². The molecule has 0 aliphatic carbocycles. The smallest absolute Gasteiger partial charge is 0.259 e. The van der Waals surface area contributed by atoms with Gasteiger partial charge in [0.2, 0.25) is 0 Å². The number of anilines is 1. The average molecular weight is 276 g/mol. The summed E-state index contributed by atoms with van der Waals surface area (Å²) < 4.78 is 10.3. The molecule has 2 aromatic heterocycles. The van der Waals surface area contributed by atoms with Crippen LogP contribution in [0.2, 0.25) is 0 Å². The molecule has 1 fully saturated rings. The summed E-state index contributed by atoms with van der Waals surface area (Å²) in [6.45, 7) is 3.20. The van der Waals surface area contributed by atoms with E-state index in [1.165, 1.54) is 0 Å². The van der Waals surface area contributed by atoms with Crippen LogP contribution in [0.1, 0.15) is 5.82 Å². The van der Waals surface area contributed by atoms with E-state index >= 15 is 0 Å². The fourth-order valence-electron chi connectivity index (χ4n) is 2.25. The quantitative estimate of drug-likeness (QED) is 0.868. The maximum absolute atomic E-state index is 12.1. The van der Waals surface area contributed by atoms with Crippen LogP contribution in [0, 0.1) is 0 Å². The van der Waals surface area contributed by atoms with Crippen LogP contribution in [0.25, 0.3) is 10.9 Å². The van der Waals surface area contributed by atoms with Crippen molar-refractivity contribution in [2.45, 2.75) is 6.61 Å². The number of hydrogen-bond donors (Lipinski definition) is 1. The highest BCUT2D eigenvalue weighted by Gasteiger charge is 2.14. The van der Waals surface area contributed by atoms with Gasteiger partial charge in [-0.25, -0.2) is 9.97 Å². The summed E-state index contributed by atoms with van der Waals surface area (Å²) in [5.41, 5.74) is 0.414. The van der Waals surface area contributed by atoms with E-state index in [9.17, 15) is 4.79 Å². The number of aromatic nitrogens is 3. The molecule has 20 heavy (non-hydrogen) atoms. The van der Waals surface area contributed by atoms with Crippen molar-refractivity contribution in [1.29, 1.82) is 0 Å². The Balaban J connectivity index is 2.00. The van der Waals surface area contributed by atoms with Gasteiger partial charge in [0.25, 0.3) is 5.56 Å². The molecule has 1 saturated heterocycles. The number of pyridine rings is 1. The van der Waals surface area contributed by atoms with Gasteiger partial charge in [-0.1, -0.05) is 0 Å². The Morgan fingerprint density at radius 1 is 1.45 bits per heavy atom. The summed E-state index contributed by atoms with van der Waals surface area (Å²) >= 11 is 0. The van der Waals surface area contributed by atoms with Crippen molar-refractivity contribution < 1.29 is 9.47 Å². The first-order valence-corrected chi connectivity index (χ1v) is 6.48. The van der Waals surface area contributed by atoms with E-state index in [1.54, 1.807) is 19.4 Å². The fourth-order valence-corrected chi connectivity index (χ4v) is 2.25. The minimum Gasteiger partial charge on any atom is -0.378 e. The first-order valence-electron chi connectivity index (χ1n) is 6.48. The third-order valence-corrected chi connectivity index (χ3v) is 3.24. The van der Waals surface area contributed by atoms with Crippen molar-refractivity contribution in [2.24, 2.45) is 0 Å². The van der Waals surface area contributed by atoms with Gasteiger partial charge in [0.1, 0.15) is 18.2 Å². The lowest BCUT2D eigenvalue weighted by Gasteiger charge is -2.27. The van der Waals surface area contributed by atoms with Gasteiger partial charge in [0, 0.05) is 20.2 Å². The van der Waals surface area contributed by atoms with Gasteiger partial charge in [-0.15, -0.1) is 0 Å². The SMILES string of the molecule is COCc1nc2cnc(N3CCOCC3)cc2c(=O)[nH]1. The van der Waals surface area contributed by atoms with Crippen LogP contribution < -0.4 is 10.5 Å². The van der Waals surface area contributed by atoms with Crippen LogP contribution in [0.4, 0.5) is 5.82 Å². The van der Waals surface area contributed by atoms with Crippen molar-refractivity contribution in [2.75, 3.05) is 38.3 Å². The third kappa shape index (κ3) is 2.50. The van der Waals surface area contributed by atoms with E-state index in [0.29, 0.717) is 29.9 Å². The summed E-state index contributed by atoms with van der Waals surface area (Å²) in [7, 11) is 1.56. The molecule has 1 aliphatic rings. The molecule has 0 unspecified atom stereocenters. The first kappa shape index (κ1) is 13.0. The van der Waals surface area contributed by atoms with Gasteiger partial charge in [-0.2, -0.15) is 0 Å². The molecule has 1 N–H and O–H groups in total. The van der Waals surface area contributed by atoms with E-state index in [-0.39, 0.29) is 12.2 Å². The molecule has 3 heterocycles. The van der Waals surface area contributed by atoms with Crippen LogP contribution in [0.5, 0.6) is 0 Å². The highest BCUT2D eigenvalue weighted by atomic mass is 16.5. The minimum atomic E-state index is -0.168. The zero-order valence-electron chi connectivity index (χ0n) is 11.3. The molecule has 7 heteroatoms. The topological polar surface area (TPSA) is 80.3 Å². The van der Waals surface area contributed by atoms with Crippen LogP contribution >= 0.6 is 0 Å². The molecule has 0 aromatic carbocycles. The summed E-state index contributed by atoms with van der Waals surface area (Å²) in [6.07, 6.45) is 1.63. The summed E-state index contributed by atoms with van der Waals surface area (Å²) in [5, 5.41) is 0.543. The Kier molecular flexibility index (Phi) is 3.62. The lowest BCUT2D eigenvalue weighted by molar-refractivity contribution is 0.122. The van der Waals surface area contributed by atoms with Crippen molar-refractivity contribution in [3.63, 3.8) is 0 Å². The second-order valence-corrected chi connectivity index (χ2v) is 4.60. The predicted molar refractivity (Wildman–Crippen MR) is 73.9 cm³/mol. The number of methoxy groups -OCH3 is 1. The standard InChI is InChI=1S/C13H16N4O3/c1-19-8-11-15-10-7-14-12(6-9(10)13(18)16-11)17-2-4-20-5-3-17/h6-7H,2-5,8H2,1H3,(H,15,16,18). The number of H-pyrrole nitrogens is 1. The normalized spacial score (nSPS) is 15.8. The molecule has 0 bridgehead atoms. The molecule has 0 radical (unpaired) electrons. The van der Waals surface area contributed by atoms with E-state index < -0.39 is 0 Å². The molecule has 3 rings (SSSR count). The number of hydrogen-bond acceptors (Lipinski definition) is 6. The van der Waals surface area contributed by atoms with Gasteiger partial charge in [0.15, 0.2) is 0 Å². The molecule has 0 spiro atoms. The molecule has 0 saturated carbocycles. The molecule has 0 amide bonds. The van der Waals surface area contributed by atoms with E-state index in [1.807, 2.05) is 0 Å². The molecule has 1 aliphatic heterocycles. The molecule has 2 aromatic rings. The van der Waals surface area contributed by atoms with Gasteiger partial charge in [-0.05, 0) is 6.07 Å². The summed E-state index contributed by atoms with van der Waals surface area (Å²) in [6, 6.07) is 1.78. The van der Waals surface area contributed by atoms with E-state index in [4.69, 9.17) is 9.47 Å². The Labute approximate surface area is 115 Å². The largest absolute Gasteiger partial charge is 0.378 e. The highest BCUT2D eigenvalue weighted by Crippen LogP contribution is 2.16. The lowest BCUT2D eigenvalue weighted by atomic mass is 10.2. The number of nitrogens with zero attached hydrogens (tertiary/aromatic N) is 3. The monoisotopic (exact) mass is 276 g/mol. The maximum atomic E-state index is 12.1. The molecule has 7 nitrogen and oxygen atoms in total. The van der Waals surface area contributed by atoms with Crippen LogP contribution in [-0.2, 0) is 16.1 Å². The highest BCUT2D eigenvalue weighted by molar-refractivity contribution is 5.79. The molecule has 0 atom stereocenters. The van der Waals surface area contributed by atoms with Crippen molar-refractivity contribution >= 4 is 16.7 Å². The fraction of sp³-hybridized carbons (Fsp3) is 0.462. The average Bonchev–Trinajstić information content (AvgIpc) is 2.48. The Bertz CT molecular complexity index is 664. The number of fused-ring (bicyclic) bond motifs is 1. The third-order valence-electron chi connectivity index (χ3n) is 3.24. The number of ether oxygens (including phenoxy) is 2. The molecular weight excluding hydrogens is 260 g/mol.